The number of benzene rings is 1. The summed E-state index contributed by atoms with van der Waals surface area (Å²) in [5.74, 6) is 1.20. The van der Waals surface area contributed by atoms with E-state index < -0.39 is 11.0 Å². The molecule has 33 heavy (non-hydrogen) atoms. The van der Waals surface area contributed by atoms with Gasteiger partial charge in [0, 0.05) is 37.0 Å². The highest BCUT2D eigenvalue weighted by atomic mass is 16.6. The van der Waals surface area contributed by atoms with Crippen molar-refractivity contribution in [3.05, 3.63) is 76.9 Å². The van der Waals surface area contributed by atoms with Gasteiger partial charge >= 0.3 is 5.97 Å². The van der Waals surface area contributed by atoms with Crippen LogP contribution in [0.3, 0.4) is 0 Å². The predicted octanol–water partition coefficient (Wildman–Crippen LogP) is 3.29. The highest BCUT2D eigenvalue weighted by Crippen LogP contribution is 2.52. The number of hydrogen-bond donors (Lipinski definition) is 0. The Hall–Kier alpha value is -3.68. The molecule has 1 spiro atoms. The summed E-state index contributed by atoms with van der Waals surface area (Å²) in [6.07, 6.45) is 5.45. The number of carbonyl (C=O) groups is 2. The molecule has 0 N–H and O–H groups in total. The minimum atomic E-state index is -0.752. The van der Waals surface area contributed by atoms with Crippen LogP contribution in [0.1, 0.15) is 52.2 Å². The topological polar surface area (TPSA) is 94.8 Å². The summed E-state index contributed by atoms with van der Waals surface area (Å²) < 4.78 is 16.6. The number of esters is 1. The van der Waals surface area contributed by atoms with Crippen LogP contribution in [0.4, 0.5) is 0 Å². The summed E-state index contributed by atoms with van der Waals surface area (Å²) in [5.41, 5.74) is 1.81. The Kier molecular flexibility index (Phi) is 4.33. The maximum atomic E-state index is 13.6. The van der Waals surface area contributed by atoms with Crippen molar-refractivity contribution in [2.24, 2.45) is 0 Å². The average Bonchev–Trinajstić information content (AvgIpc) is 3.24. The molecule has 1 unspecified atom stereocenters. The Morgan fingerprint density at radius 3 is 2.73 bits per heavy atom. The Morgan fingerprint density at radius 2 is 2.00 bits per heavy atom. The number of likely N-dealkylation sites (tertiary alicyclic amines) is 1. The molecule has 8 nitrogen and oxygen atoms in total. The van der Waals surface area contributed by atoms with E-state index in [1.165, 1.54) is 0 Å². The Balaban J connectivity index is 1.16. The van der Waals surface area contributed by atoms with Crippen molar-refractivity contribution < 1.29 is 23.6 Å². The second-order valence-electron chi connectivity index (χ2n) is 9.11. The van der Waals surface area contributed by atoms with Crippen LogP contribution >= 0.6 is 0 Å². The van der Waals surface area contributed by atoms with E-state index in [1.54, 1.807) is 12.4 Å². The fourth-order valence-electron chi connectivity index (χ4n) is 5.07. The standard InChI is InChI=1S/C25H23N3O5/c1-16-12-18(27-33-16)14-31-19-4-2-17(3-5-19)24(7-8-24)23(30)28-11-9-25(15-28)21-6-10-26-13-20(21)22(29)32-25/h2-6,10,12-13H,7-9,11,14-15H2,1H3. The quantitative estimate of drug-likeness (QED) is 0.556. The second kappa shape index (κ2) is 7.16. The lowest BCUT2D eigenvalue weighted by molar-refractivity contribution is -0.134. The SMILES string of the molecule is Cc1cc(COc2ccc(C3(C(=O)N4CCC5(C4)OC(=O)c4cnccc45)CC3)cc2)no1. The predicted molar refractivity (Wildman–Crippen MR) is 115 cm³/mol. The van der Waals surface area contributed by atoms with E-state index in [2.05, 4.69) is 10.1 Å². The van der Waals surface area contributed by atoms with E-state index in [0.29, 0.717) is 37.4 Å². The third-order valence-corrected chi connectivity index (χ3v) is 6.97. The van der Waals surface area contributed by atoms with Gasteiger partial charge in [-0.25, -0.2) is 4.79 Å². The lowest BCUT2D eigenvalue weighted by Crippen LogP contribution is -2.40. The largest absolute Gasteiger partial charge is 0.487 e. The number of carbonyl (C=O) groups excluding carboxylic acids is 2. The van der Waals surface area contributed by atoms with Crippen LogP contribution in [0.15, 0.2) is 53.3 Å². The van der Waals surface area contributed by atoms with Gasteiger partial charge in [-0.05, 0) is 43.5 Å². The van der Waals surface area contributed by atoms with Gasteiger partial charge in [0.1, 0.15) is 23.8 Å². The molecule has 1 saturated heterocycles. The first-order chi connectivity index (χ1) is 16.0. The minimum Gasteiger partial charge on any atom is -0.487 e. The number of amides is 1. The molecule has 1 aromatic carbocycles. The van der Waals surface area contributed by atoms with Crippen molar-refractivity contribution in [3.63, 3.8) is 0 Å². The van der Waals surface area contributed by atoms with E-state index in [0.717, 1.165) is 35.4 Å². The molecule has 2 fully saturated rings. The molecule has 2 aromatic heterocycles. The van der Waals surface area contributed by atoms with Crippen LogP contribution < -0.4 is 4.74 Å². The van der Waals surface area contributed by atoms with E-state index >= 15 is 0 Å². The molecule has 0 radical (unpaired) electrons. The van der Waals surface area contributed by atoms with Crippen LogP contribution in [0.2, 0.25) is 0 Å². The van der Waals surface area contributed by atoms with E-state index in [4.69, 9.17) is 14.0 Å². The van der Waals surface area contributed by atoms with Crippen LogP contribution in [-0.4, -0.2) is 40.0 Å². The third-order valence-electron chi connectivity index (χ3n) is 6.97. The van der Waals surface area contributed by atoms with Crippen molar-refractivity contribution in [1.29, 1.82) is 0 Å². The Labute approximate surface area is 190 Å². The molecule has 1 amide bonds. The monoisotopic (exact) mass is 445 g/mol. The summed E-state index contributed by atoms with van der Waals surface area (Å²) in [6.45, 7) is 3.11. The molecule has 168 valence electrons. The highest BCUT2D eigenvalue weighted by Gasteiger charge is 2.57. The van der Waals surface area contributed by atoms with Crippen LogP contribution in [-0.2, 0) is 27.2 Å². The number of pyridine rings is 1. The first-order valence-corrected chi connectivity index (χ1v) is 11.1. The number of rotatable bonds is 5. The lowest BCUT2D eigenvalue weighted by Gasteiger charge is -2.27. The smallest absolute Gasteiger partial charge is 0.341 e. The van der Waals surface area contributed by atoms with Crippen molar-refractivity contribution >= 4 is 11.9 Å². The van der Waals surface area contributed by atoms with E-state index in [1.807, 2.05) is 48.2 Å². The zero-order valence-corrected chi connectivity index (χ0v) is 18.2. The first kappa shape index (κ1) is 20.0. The molecule has 4 heterocycles. The fraction of sp³-hybridized carbons (Fsp3) is 0.360. The molecule has 1 atom stereocenters. The number of hydrogen-bond acceptors (Lipinski definition) is 7. The number of fused-ring (bicyclic) bond motifs is 2. The third kappa shape index (κ3) is 3.20. The molecule has 1 saturated carbocycles. The minimum absolute atomic E-state index is 0.102. The summed E-state index contributed by atoms with van der Waals surface area (Å²) in [4.78, 5) is 31.8. The highest BCUT2D eigenvalue weighted by molar-refractivity contribution is 5.95. The van der Waals surface area contributed by atoms with Gasteiger partial charge in [-0.3, -0.25) is 9.78 Å². The molecule has 6 rings (SSSR count). The van der Waals surface area contributed by atoms with Gasteiger partial charge in [-0.2, -0.15) is 0 Å². The number of aryl methyl sites for hydroxylation is 1. The molecule has 3 aliphatic rings. The lowest BCUT2D eigenvalue weighted by atomic mass is 9.92. The maximum absolute atomic E-state index is 13.6. The molecule has 8 heteroatoms. The fourth-order valence-corrected chi connectivity index (χ4v) is 5.07. The molecule has 0 bridgehead atoms. The van der Waals surface area contributed by atoms with Gasteiger partial charge in [-0.1, -0.05) is 17.3 Å². The zero-order chi connectivity index (χ0) is 22.6. The van der Waals surface area contributed by atoms with Crippen molar-refractivity contribution in [3.8, 4) is 5.75 Å². The van der Waals surface area contributed by atoms with Gasteiger partial charge in [0.05, 0.1) is 17.5 Å². The summed E-state index contributed by atoms with van der Waals surface area (Å²) >= 11 is 0. The molecule has 3 aromatic rings. The van der Waals surface area contributed by atoms with Gasteiger partial charge in [0.15, 0.2) is 5.60 Å². The number of ether oxygens (including phenoxy) is 2. The van der Waals surface area contributed by atoms with Gasteiger partial charge in [-0.15, -0.1) is 0 Å². The van der Waals surface area contributed by atoms with Crippen molar-refractivity contribution in [2.75, 3.05) is 13.1 Å². The molecular formula is C25H23N3O5. The number of aromatic nitrogens is 2. The molecule has 1 aliphatic carbocycles. The normalized spacial score (nSPS) is 22.3. The van der Waals surface area contributed by atoms with E-state index in [-0.39, 0.29) is 11.9 Å². The summed E-state index contributed by atoms with van der Waals surface area (Å²) in [6, 6.07) is 11.4. The van der Waals surface area contributed by atoms with Crippen LogP contribution in [0.5, 0.6) is 5.75 Å². The van der Waals surface area contributed by atoms with Crippen molar-refractivity contribution in [2.45, 2.75) is 43.8 Å². The van der Waals surface area contributed by atoms with Gasteiger partial charge in [0.2, 0.25) is 5.91 Å². The van der Waals surface area contributed by atoms with Crippen LogP contribution in [0, 0.1) is 6.92 Å². The molecule has 2 aliphatic heterocycles. The Morgan fingerprint density at radius 1 is 1.18 bits per heavy atom. The van der Waals surface area contributed by atoms with Gasteiger partial charge in [0.25, 0.3) is 0 Å². The summed E-state index contributed by atoms with van der Waals surface area (Å²) in [7, 11) is 0. The Bertz CT molecular complexity index is 1250. The van der Waals surface area contributed by atoms with Crippen LogP contribution in [0.25, 0.3) is 0 Å². The zero-order valence-electron chi connectivity index (χ0n) is 18.2. The summed E-state index contributed by atoms with van der Waals surface area (Å²) in [5, 5.41) is 3.93. The first-order valence-electron chi connectivity index (χ1n) is 11.1. The number of nitrogens with zero attached hydrogens (tertiary/aromatic N) is 3. The second-order valence-corrected chi connectivity index (χ2v) is 9.11. The maximum Gasteiger partial charge on any atom is 0.341 e. The van der Waals surface area contributed by atoms with Crippen molar-refractivity contribution in [1.82, 2.24) is 15.0 Å². The average molecular weight is 445 g/mol. The molecular weight excluding hydrogens is 422 g/mol. The van der Waals surface area contributed by atoms with Gasteiger partial charge < -0.3 is 18.9 Å². The van der Waals surface area contributed by atoms with E-state index in [9.17, 15) is 9.59 Å².